The molecule has 0 aliphatic rings. The Labute approximate surface area is 337 Å². The van der Waals surface area contributed by atoms with E-state index in [4.69, 9.17) is 27.7 Å². The van der Waals surface area contributed by atoms with Crippen molar-refractivity contribution < 1.29 is 61.1 Å². The fourth-order valence-electron chi connectivity index (χ4n) is 5.06. The minimum Gasteiger partial charge on any atom is -0.481 e. The number of rotatable bonds is 25. The van der Waals surface area contributed by atoms with E-state index in [1.807, 2.05) is 0 Å². The number of nitrogens with one attached hydrogen (secondary N) is 5. The second kappa shape index (κ2) is 22.5. The van der Waals surface area contributed by atoms with Crippen LogP contribution >= 0.6 is 16.1 Å². The van der Waals surface area contributed by atoms with Gasteiger partial charge in [0.2, 0.25) is 5.95 Å². The smallest absolute Gasteiger partial charge is 0.475 e. The summed E-state index contributed by atoms with van der Waals surface area (Å²) < 4.78 is 51.2. The average molecular weight is 863 g/mol. The van der Waals surface area contributed by atoms with Crippen LogP contribution < -0.4 is 26.8 Å². The maximum atomic E-state index is 13.4. The second-order valence-electron chi connectivity index (χ2n) is 12.1. The molecule has 2 heterocycles. The minimum absolute atomic E-state index is 0.000308. The van der Waals surface area contributed by atoms with Crippen LogP contribution in [0.1, 0.15) is 60.0 Å². The number of nitrogens with zero attached hydrogens (tertiary/aromatic N) is 3. The minimum atomic E-state index is -4.07. The Hall–Kier alpha value is -5.60. The molecule has 4 aromatic rings. The Morgan fingerprint density at radius 1 is 0.932 bits per heavy atom. The predicted octanol–water partition coefficient (Wildman–Crippen LogP) is 3.86. The zero-order valence-corrected chi connectivity index (χ0v) is 34.0. The molecule has 0 saturated carbocycles. The largest absolute Gasteiger partial charge is 0.481 e. The Bertz CT molecular complexity index is 2220. The topological polar surface area (TPSA) is 309 Å². The zero-order valence-electron chi connectivity index (χ0n) is 32.1. The highest BCUT2D eigenvalue weighted by Gasteiger charge is 2.31. The Balaban J connectivity index is 1.41. The van der Waals surface area contributed by atoms with E-state index in [1.54, 1.807) is 51.1 Å². The van der Waals surface area contributed by atoms with E-state index in [0.29, 0.717) is 11.4 Å². The first-order valence-corrected chi connectivity index (χ1v) is 20.8. The van der Waals surface area contributed by atoms with Crippen molar-refractivity contribution in [3.63, 3.8) is 0 Å². The molecule has 0 saturated heterocycles. The van der Waals surface area contributed by atoms with Crippen molar-refractivity contribution in [2.24, 2.45) is 0 Å². The molecule has 24 heteroatoms. The lowest BCUT2D eigenvalue weighted by Gasteiger charge is -2.23. The van der Waals surface area contributed by atoms with Gasteiger partial charge < -0.3 is 40.5 Å². The number of aromatic amines is 1. The Kier molecular flexibility index (Phi) is 17.6. The maximum Gasteiger partial charge on any atom is 0.475 e. The van der Waals surface area contributed by atoms with Crippen molar-refractivity contribution in [3.05, 3.63) is 81.9 Å². The van der Waals surface area contributed by atoms with Crippen LogP contribution in [-0.2, 0) is 47.9 Å². The third kappa shape index (κ3) is 14.3. The van der Waals surface area contributed by atoms with Gasteiger partial charge in [-0.3, -0.25) is 42.3 Å². The summed E-state index contributed by atoms with van der Waals surface area (Å²) in [4.78, 5) is 76.9. The van der Waals surface area contributed by atoms with Gasteiger partial charge in [-0.05, 0) is 63.6 Å². The lowest BCUT2D eigenvalue weighted by molar-refractivity contribution is -0.140. The quantitative estimate of drug-likeness (QED) is 0.0465. The number of carbonyl (C=O) groups is 4. The van der Waals surface area contributed by atoms with Crippen molar-refractivity contribution in [1.29, 1.82) is 0 Å². The van der Waals surface area contributed by atoms with Crippen LogP contribution in [0, 0.1) is 0 Å². The van der Waals surface area contributed by atoms with Crippen LogP contribution in [0.5, 0.6) is 0 Å². The summed E-state index contributed by atoms with van der Waals surface area (Å²) >= 11 is 0. The number of hydrogen-bond donors (Lipinski definition) is 7. The summed E-state index contributed by atoms with van der Waals surface area (Å²) in [5, 5.41) is 29.1. The first-order valence-electron chi connectivity index (χ1n) is 18.1. The summed E-state index contributed by atoms with van der Waals surface area (Å²) in [6.07, 6.45) is -0.427. The molecule has 0 spiro atoms. The van der Waals surface area contributed by atoms with E-state index in [0.717, 1.165) is 0 Å². The van der Waals surface area contributed by atoms with Crippen LogP contribution in [0.15, 0.2) is 59.5 Å². The molecule has 0 aliphatic carbocycles. The number of anilines is 3. The van der Waals surface area contributed by atoms with Gasteiger partial charge in [0.1, 0.15) is 12.1 Å². The van der Waals surface area contributed by atoms with Crippen molar-refractivity contribution in [2.75, 3.05) is 43.6 Å². The number of phosphoric acid groups is 1. The number of carboxylic acids is 2. The number of phosphoric ester groups is 1. The molecule has 0 radical (unpaired) electrons. The Morgan fingerprint density at radius 3 is 2.31 bits per heavy atom. The predicted molar refractivity (Wildman–Crippen MR) is 212 cm³/mol. The molecule has 0 bridgehead atoms. The van der Waals surface area contributed by atoms with Gasteiger partial charge in [0, 0.05) is 24.2 Å². The average Bonchev–Trinajstić information content (AvgIpc) is 3.20. The van der Waals surface area contributed by atoms with E-state index >= 15 is 0 Å². The fraction of sp³-hybridized carbons (Fsp3) is 0.371. The van der Waals surface area contributed by atoms with Gasteiger partial charge in [-0.15, -0.1) is 0 Å². The number of H-pyrrole nitrogens is 1. The van der Waals surface area contributed by atoms with Gasteiger partial charge in [-0.25, -0.2) is 19.3 Å². The summed E-state index contributed by atoms with van der Waals surface area (Å²) in [6, 6.07) is 11.0. The van der Waals surface area contributed by atoms with Crippen molar-refractivity contribution >= 4 is 68.3 Å². The van der Waals surface area contributed by atoms with E-state index in [-0.39, 0.29) is 79.9 Å². The number of para-hydroxylation sites is 1. The number of carbonyl (C=O) groups excluding carboxylic acids is 2. The maximum absolute atomic E-state index is 13.4. The lowest BCUT2D eigenvalue weighted by atomic mass is 10.1. The normalized spacial score (nSPS) is 12.9. The van der Waals surface area contributed by atoms with Crippen LogP contribution in [0.3, 0.4) is 0 Å². The van der Waals surface area contributed by atoms with Crippen molar-refractivity contribution in [1.82, 2.24) is 30.6 Å². The molecule has 2 amide bonds. The highest BCUT2D eigenvalue weighted by molar-refractivity contribution is 7.48. The summed E-state index contributed by atoms with van der Waals surface area (Å²) in [5.41, 5.74) is 0.746. The number of aromatic nitrogens is 4. The fourth-order valence-corrected chi connectivity index (χ4v) is 7.03. The lowest BCUT2D eigenvalue weighted by Crippen LogP contribution is -2.41. The monoisotopic (exact) mass is 862 g/mol. The molecule has 3 atom stereocenters. The van der Waals surface area contributed by atoms with E-state index in [2.05, 4.69) is 41.2 Å². The first-order chi connectivity index (χ1) is 28.2. The van der Waals surface area contributed by atoms with Gasteiger partial charge in [0.05, 0.1) is 56.1 Å². The molecule has 0 fully saturated rings. The summed E-state index contributed by atoms with van der Waals surface area (Å²) in [7, 11) is -6.97. The number of fused-ring (bicyclic) bond motifs is 1. The Morgan fingerprint density at radius 2 is 1.64 bits per heavy atom. The number of amides is 2. The first kappa shape index (κ1) is 46.1. The molecule has 2 aromatic heterocycles. The van der Waals surface area contributed by atoms with Crippen molar-refractivity contribution in [2.45, 2.75) is 52.3 Å². The standard InChI is InChI=1S/C35H44N8O14P2/c1-4-53-58(51)54-20-24(57-59(52,55-5-2)56-6-3)19-38-32(47)25-9-7-8-10-26(25)41-35-42-30-29(33(48)43-35)39-23(18-37-30)17-36-22-13-11-21(12-14-22)31(46)40-27(34(49)50)15-16-28(44)45/h7-14,18,24,27,36,58H,4-6,15-17,19-20H2,1-3H3,(H,38,47)(H,40,46)(H,44,45)(H,49,50)(H2,37,41,42,43,48). The highest BCUT2D eigenvalue weighted by atomic mass is 31.2. The molecular formula is C35H44N8O14P2. The zero-order chi connectivity index (χ0) is 43.0. The van der Waals surface area contributed by atoms with Gasteiger partial charge in [0.25, 0.3) is 17.4 Å². The molecule has 3 unspecified atom stereocenters. The van der Waals surface area contributed by atoms with Crippen molar-refractivity contribution in [3.8, 4) is 0 Å². The molecule has 4 rings (SSSR count). The van der Waals surface area contributed by atoms with Crippen LogP contribution in [-0.4, -0.2) is 99.0 Å². The van der Waals surface area contributed by atoms with Crippen LogP contribution in [0.25, 0.3) is 11.2 Å². The molecule has 59 heavy (non-hydrogen) atoms. The van der Waals surface area contributed by atoms with E-state index < -0.39 is 64.0 Å². The SMILES string of the molecule is CCO[PH](=O)OCC(CNC(=O)c1ccccc1Nc1nc2ncc(CNc3ccc(C(=O)NC(CCC(=O)O)C(=O)O)cc3)nc2c(=O)[nH]1)OP(=O)(OCC)OCC. The number of benzene rings is 2. The van der Waals surface area contributed by atoms with Gasteiger partial charge in [-0.1, -0.05) is 12.1 Å². The molecule has 2 aromatic carbocycles. The summed E-state index contributed by atoms with van der Waals surface area (Å²) in [6.45, 7) is 4.42. The van der Waals surface area contributed by atoms with E-state index in [9.17, 15) is 38.2 Å². The number of hydrogen-bond acceptors (Lipinski definition) is 17. The number of carboxylic acid groups (broad SMARTS) is 2. The third-order valence-corrected chi connectivity index (χ3v) is 10.4. The van der Waals surface area contributed by atoms with Gasteiger partial charge >= 0.3 is 28.0 Å². The molecule has 7 N–H and O–H groups in total. The second-order valence-corrected chi connectivity index (χ2v) is 14.8. The van der Waals surface area contributed by atoms with Crippen LogP contribution in [0.2, 0.25) is 0 Å². The highest BCUT2D eigenvalue weighted by Crippen LogP contribution is 2.50. The third-order valence-electron chi connectivity index (χ3n) is 7.76. The molecule has 22 nitrogen and oxygen atoms in total. The molecular weight excluding hydrogens is 818 g/mol. The van der Waals surface area contributed by atoms with Gasteiger partial charge in [-0.2, -0.15) is 4.98 Å². The number of aliphatic carboxylic acids is 2. The molecule has 0 aliphatic heterocycles. The van der Waals surface area contributed by atoms with Gasteiger partial charge in [0.15, 0.2) is 11.2 Å². The molecule has 318 valence electrons. The summed E-state index contributed by atoms with van der Waals surface area (Å²) in [5.74, 6) is -3.88. The van der Waals surface area contributed by atoms with Crippen LogP contribution in [0.4, 0.5) is 17.3 Å². The van der Waals surface area contributed by atoms with E-state index in [1.165, 1.54) is 24.4 Å².